The van der Waals surface area contributed by atoms with E-state index in [1.54, 1.807) is 7.11 Å². The van der Waals surface area contributed by atoms with Gasteiger partial charge in [-0.15, -0.1) is 0 Å². The first-order valence-electron chi connectivity index (χ1n) is 7.19. The second kappa shape index (κ2) is 5.68. The van der Waals surface area contributed by atoms with Crippen LogP contribution in [0, 0.1) is 0 Å². The highest BCUT2D eigenvalue weighted by atomic mass is 16.5. The number of hydrogen-bond acceptors (Lipinski definition) is 2. The number of aliphatic hydroxyl groups is 1. The maximum atomic E-state index is 10.4. The second-order valence-corrected chi connectivity index (χ2v) is 5.45. The number of rotatable bonds is 4. The first-order chi connectivity index (χ1) is 9.76. The molecule has 20 heavy (non-hydrogen) atoms. The Morgan fingerprint density at radius 3 is 2.80 bits per heavy atom. The highest BCUT2D eigenvalue weighted by Crippen LogP contribution is 2.27. The second-order valence-electron chi connectivity index (χ2n) is 5.45. The molecule has 0 radical (unpaired) electrons. The molecule has 1 unspecified atom stereocenters. The first kappa shape index (κ1) is 13.2. The summed E-state index contributed by atoms with van der Waals surface area (Å²) in [6.45, 7) is 0. The Kier molecular flexibility index (Phi) is 3.75. The fourth-order valence-corrected chi connectivity index (χ4v) is 2.94. The molecule has 0 spiro atoms. The van der Waals surface area contributed by atoms with Gasteiger partial charge in [-0.2, -0.15) is 0 Å². The summed E-state index contributed by atoms with van der Waals surface area (Å²) in [5.74, 6) is 0.837. The molecule has 0 fully saturated rings. The molecule has 0 saturated heterocycles. The Labute approximate surface area is 120 Å². The lowest BCUT2D eigenvalue weighted by molar-refractivity contribution is 0.178. The standard InChI is InChI=1S/C18H20O2/c1-20-17-7-2-4-13(10-17)11-18(19)16-9-8-14-5-3-6-15(14)12-16/h2,4,7-10,12,18-19H,3,5-6,11H2,1H3. The van der Waals surface area contributed by atoms with Gasteiger partial charge in [0.2, 0.25) is 0 Å². The van der Waals surface area contributed by atoms with Gasteiger partial charge in [0.25, 0.3) is 0 Å². The van der Waals surface area contributed by atoms with E-state index in [-0.39, 0.29) is 0 Å². The van der Waals surface area contributed by atoms with Gasteiger partial charge in [0.1, 0.15) is 5.75 Å². The third-order valence-electron chi connectivity index (χ3n) is 4.07. The lowest BCUT2D eigenvalue weighted by Crippen LogP contribution is -2.03. The van der Waals surface area contributed by atoms with Crippen molar-refractivity contribution in [1.29, 1.82) is 0 Å². The summed E-state index contributed by atoms with van der Waals surface area (Å²) in [5.41, 5.74) is 4.97. The number of ether oxygens (including phenoxy) is 1. The van der Waals surface area contributed by atoms with Gasteiger partial charge in [0.15, 0.2) is 0 Å². The molecule has 104 valence electrons. The van der Waals surface area contributed by atoms with Crippen LogP contribution >= 0.6 is 0 Å². The molecule has 0 bridgehead atoms. The molecule has 1 aliphatic carbocycles. The largest absolute Gasteiger partial charge is 0.497 e. The van der Waals surface area contributed by atoms with Gasteiger partial charge in [0.05, 0.1) is 13.2 Å². The van der Waals surface area contributed by atoms with Crippen molar-refractivity contribution in [2.45, 2.75) is 31.8 Å². The highest BCUT2D eigenvalue weighted by Gasteiger charge is 2.15. The van der Waals surface area contributed by atoms with E-state index in [9.17, 15) is 5.11 Å². The van der Waals surface area contributed by atoms with Gasteiger partial charge in [-0.1, -0.05) is 30.3 Å². The van der Waals surface area contributed by atoms with Gasteiger partial charge >= 0.3 is 0 Å². The molecule has 1 aliphatic rings. The summed E-state index contributed by atoms with van der Waals surface area (Å²) in [6, 6.07) is 14.3. The zero-order valence-electron chi connectivity index (χ0n) is 11.8. The van der Waals surface area contributed by atoms with Crippen molar-refractivity contribution >= 4 is 0 Å². The zero-order valence-corrected chi connectivity index (χ0v) is 11.8. The minimum atomic E-state index is -0.451. The van der Waals surface area contributed by atoms with Gasteiger partial charge in [0, 0.05) is 6.42 Å². The van der Waals surface area contributed by atoms with Crippen LogP contribution in [-0.2, 0) is 19.3 Å². The number of fused-ring (bicyclic) bond motifs is 1. The molecule has 2 aromatic carbocycles. The molecule has 2 nitrogen and oxygen atoms in total. The Morgan fingerprint density at radius 2 is 1.95 bits per heavy atom. The predicted octanol–water partition coefficient (Wildman–Crippen LogP) is 3.46. The van der Waals surface area contributed by atoms with Crippen molar-refractivity contribution in [1.82, 2.24) is 0 Å². The fraction of sp³-hybridized carbons (Fsp3) is 0.333. The smallest absolute Gasteiger partial charge is 0.119 e. The molecule has 0 amide bonds. The van der Waals surface area contributed by atoms with Gasteiger partial charge in [-0.05, 0) is 53.6 Å². The minimum absolute atomic E-state index is 0.451. The lowest BCUT2D eigenvalue weighted by Gasteiger charge is -2.13. The summed E-state index contributed by atoms with van der Waals surface area (Å²) in [5, 5.41) is 10.4. The van der Waals surface area contributed by atoms with Crippen LogP contribution in [0.25, 0.3) is 0 Å². The SMILES string of the molecule is COc1cccc(CC(O)c2ccc3c(c2)CCC3)c1. The molecular weight excluding hydrogens is 248 g/mol. The van der Waals surface area contributed by atoms with E-state index < -0.39 is 6.10 Å². The first-order valence-corrected chi connectivity index (χ1v) is 7.19. The monoisotopic (exact) mass is 268 g/mol. The zero-order chi connectivity index (χ0) is 13.9. The molecule has 1 N–H and O–H groups in total. The summed E-state index contributed by atoms with van der Waals surface area (Å²) in [4.78, 5) is 0. The van der Waals surface area contributed by atoms with Crippen LogP contribution in [0.2, 0.25) is 0 Å². The van der Waals surface area contributed by atoms with Crippen molar-refractivity contribution in [3.05, 3.63) is 64.7 Å². The number of aryl methyl sites for hydroxylation is 2. The molecule has 0 aliphatic heterocycles. The van der Waals surface area contributed by atoms with Crippen LogP contribution in [0.4, 0.5) is 0 Å². The summed E-state index contributed by atoms with van der Waals surface area (Å²) in [7, 11) is 1.66. The van der Waals surface area contributed by atoms with E-state index in [0.29, 0.717) is 6.42 Å². The topological polar surface area (TPSA) is 29.5 Å². The normalized spacial score (nSPS) is 14.9. The van der Waals surface area contributed by atoms with E-state index in [0.717, 1.165) is 23.3 Å². The van der Waals surface area contributed by atoms with E-state index in [1.165, 1.54) is 24.0 Å². The van der Waals surface area contributed by atoms with E-state index >= 15 is 0 Å². The van der Waals surface area contributed by atoms with Crippen LogP contribution in [0.5, 0.6) is 5.75 Å². The van der Waals surface area contributed by atoms with E-state index in [4.69, 9.17) is 4.74 Å². The number of benzene rings is 2. The predicted molar refractivity (Wildman–Crippen MR) is 80.1 cm³/mol. The minimum Gasteiger partial charge on any atom is -0.497 e. The lowest BCUT2D eigenvalue weighted by atomic mass is 9.98. The highest BCUT2D eigenvalue weighted by molar-refractivity contribution is 5.37. The molecular formula is C18H20O2. The maximum absolute atomic E-state index is 10.4. The summed E-state index contributed by atoms with van der Waals surface area (Å²) in [6.07, 6.45) is 3.74. The van der Waals surface area contributed by atoms with Gasteiger partial charge in [-0.25, -0.2) is 0 Å². The molecule has 0 aromatic heterocycles. The number of hydrogen-bond donors (Lipinski definition) is 1. The number of methoxy groups -OCH3 is 1. The fourth-order valence-electron chi connectivity index (χ4n) is 2.94. The average molecular weight is 268 g/mol. The average Bonchev–Trinajstić information content (AvgIpc) is 2.94. The van der Waals surface area contributed by atoms with Crippen molar-refractivity contribution in [3.8, 4) is 5.75 Å². The molecule has 0 heterocycles. The van der Waals surface area contributed by atoms with E-state index in [2.05, 4.69) is 18.2 Å². The van der Waals surface area contributed by atoms with Gasteiger partial charge in [-0.3, -0.25) is 0 Å². The third kappa shape index (κ3) is 2.70. The van der Waals surface area contributed by atoms with Crippen molar-refractivity contribution in [2.75, 3.05) is 7.11 Å². The van der Waals surface area contributed by atoms with Crippen molar-refractivity contribution in [3.63, 3.8) is 0 Å². The van der Waals surface area contributed by atoms with E-state index in [1.807, 2.05) is 24.3 Å². The maximum Gasteiger partial charge on any atom is 0.119 e. The number of aliphatic hydroxyl groups excluding tert-OH is 1. The molecule has 3 rings (SSSR count). The Morgan fingerprint density at radius 1 is 1.10 bits per heavy atom. The molecule has 1 atom stereocenters. The van der Waals surface area contributed by atoms with Crippen LogP contribution in [0.15, 0.2) is 42.5 Å². The summed E-state index contributed by atoms with van der Waals surface area (Å²) < 4.78 is 5.22. The Hall–Kier alpha value is -1.80. The molecule has 0 saturated carbocycles. The Balaban J connectivity index is 1.77. The van der Waals surface area contributed by atoms with Crippen LogP contribution in [0.3, 0.4) is 0 Å². The van der Waals surface area contributed by atoms with Crippen molar-refractivity contribution in [2.24, 2.45) is 0 Å². The van der Waals surface area contributed by atoms with Crippen LogP contribution < -0.4 is 4.74 Å². The molecule has 2 heteroatoms. The quantitative estimate of drug-likeness (QED) is 0.920. The Bertz CT molecular complexity index is 604. The van der Waals surface area contributed by atoms with Crippen LogP contribution in [-0.4, -0.2) is 12.2 Å². The summed E-state index contributed by atoms with van der Waals surface area (Å²) >= 11 is 0. The third-order valence-corrected chi connectivity index (χ3v) is 4.07. The van der Waals surface area contributed by atoms with Gasteiger partial charge < -0.3 is 9.84 Å². The van der Waals surface area contributed by atoms with Crippen LogP contribution in [0.1, 0.15) is 34.8 Å². The molecule has 2 aromatic rings. The van der Waals surface area contributed by atoms with Crippen molar-refractivity contribution < 1.29 is 9.84 Å².